The van der Waals surface area contributed by atoms with Crippen molar-refractivity contribution in [3.63, 3.8) is 0 Å². The molecule has 1 N–H and O–H groups in total. The van der Waals surface area contributed by atoms with E-state index in [1.54, 1.807) is 42.2 Å². The average Bonchev–Trinajstić information content (AvgIpc) is 3.50. The number of rotatable bonds is 5. The molecule has 0 bridgehead atoms. The number of nitrogens with zero attached hydrogens (tertiary/aromatic N) is 2. The van der Waals surface area contributed by atoms with E-state index in [9.17, 15) is 24.3 Å². The van der Waals surface area contributed by atoms with Crippen LogP contribution < -0.4 is 4.90 Å². The zero-order chi connectivity index (χ0) is 25.1. The van der Waals surface area contributed by atoms with Gasteiger partial charge in [-0.1, -0.05) is 38.1 Å². The fraction of sp³-hybridized carbons (Fsp3) is 0.276. The standard InChI is InChI=1S/C29H25FN2O3/c1-17(2)28(21-9-7-19(14-31)8-10-21)16-29(28)24-13-22(30)11-12-25(24)32(27(29)35)15-20-5-4-6-23(18(20)3)26(33)34/h4-13,17H,15-16H2,1-3H3,(H,33,34)/t28-,29-/m1/s1. The van der Waals surface area contributed by atoms with Gasteiger partial charge in [-0.25, -0.2) is 9.18 Å². The maximum atomic E-state index is 14.5. The number of carbonyl (C=O) groups excluding carboxylic acids is 1. The Morgan fingerprint density at radius 1 is 1.17 bits per heavy atom. The van der Waals surface area contributed by atoms with Gasteiger partial charge in [0.25, 0.3) is 0 Å². The average molecular weight is 469 g/mol. The third kappa shape index (κ3) is 3.04. The smallest absolute Gasteiger partial charge is 0.335 e. The molecule has 5 nitrogen and oxygen atoms in total. The summed E-state index contributed by atoms with van der Waals surface area (Å²) in [5.74, 6) is -1.44. The molecule has 1 spiro atoms. The summed E-state index contributed by atoms with van der Waals surface area (Å²) in [5, 5.41) is 18.8. The summed E-state index contributed by atoms with van der Waals surface area (Å²) in [6.07, 6.45) is 0.545. The lowest BCUT2D eigenvalue weighted by Gasteiger charge is -2.27. The van der Waals surface area contributed by atoms with Crippen molar-refractivity contribution in [2.24, 2.45) is 5.92 Å². The molecule has 2 atom stereocenters. The van der Waals surface area contributed by atoms with Crippen LogP contribution in [-0.2, 0) is 22.2 Å². The van der Waals surface area contributed by atoms with E-state index in [-0.39, 0.29) is 23.9 Å². The van der Waals surface area contributed by atoms with E-state index >= 15 is 0 Å². The van der Waals surface area contributed by atoms with Crippen LogP contribution in [0.25, 0.3) is 0 Å². The van der Waals surface area contributed by atoms with E-state index in [1.165, 1.54) is 12.1 Å². The van der Waals surface area contributed by atoms with E-state index in [0.717, 1.165) is 11.1 Å². The lowest BCUT2D eigenvalue weighted by atomic mass is 9.75. The van der Waals surface area contributed by atoms with Crippen LogP contribution in [0.15, 0.2) is 60.7 Å². The van der Waals surface area contributed by atoms with E-state index in [2.05, 4.69) is 19.9 Å². The van der Waals surface area contributed by atoms with Gasteiger partial charge >= 0.3 is 5.97 Å². The van der Waals surface area contributed by atoms with E-state index in [4.69, 9.17) is 0 Å². The predicted molar refractivity (Wildman–Crippen MR) is 130 cm³/mol. The molecule has 2 aliphatic rings. The van der Waals surface area contributed by atoms with Gasteiger partial charge < -0.3 is 10.0 Å². The van der Waals surface area contributed by atoms with Crippen LogP contribution in [0.1, 0.15) is 58.4 Å². The van der Waals surface area contributed by atoms with Gasteiger partial charge in [-0.2, -0.15) is 5.26 Å². The summed E-state index contributed by atoms with van der Waals surface area (Å²) in [5.41, 5.74) is 2.93. The Morgan fingerprint density at radius 2 is 1.89 bits per heavy atom. The Balaban J connectivity index is 1.64. The zero-order valence-corrected chi connectivity index (χ0v) is 19.8. The summed E-state index contributed by atoms with van der Waals surface area (Å²) >= 11 is 0. The third-order valence-electron chi connectivity index (χ3n) is 8.02. The molecule has 0 aromatic heterocycles. The second-order valence-electron chi connectivity index (χ2n) is 9.84. The van der Waals surface area contributed by atoms with Gasteiger partial charge in [0.1, 0.15) is 5.82 Å². The fourth-order valence-corrected chi connectivity index (χ4v) is 6.15. The molecule has 0 unspecified atom stereocenters. The Hall–Kier alpha value is -3.98. The molecule has 5 rings (SSSR count). The highest BCUT2D eigenvalue weighted by Crippen LogP contribution is 2.73. The molecule has 1 heterocycles. The third-order valence-corrected chi connectivity index (χ3v) is 8.02. The maximum absolute atomic E-state index is 14.5. The minimum atomic E-state index is -1.02. The number of aromatic carboxylic acids is 1. The molecule has 6 heteroatoms. The van der Waals surface area contributed by atoms with Crippen molar-refractivity contribution in [1.29, 1.82) is 5.26 Å². The monoisotopic (exact) mass is 468 g/mol. The minimum absolute atomic E-state index is 0.0764. The summed E-state index contributed by atoms with van der Waals surface area (Å²) < 4.78 is 14.5. The number of carboxylic acids is 1. The van der Waals surface area contributed by atoms with Gasteiger partial charge in [-0.05, 0) is 77.9 Å². The molecule has 3 aromatic carbocycles. The van der Waals surface area contributed by atoms with Crippen molar-refractivity contribution in [2.75, 3.05) is 4.90 Å². The fourth-order valence-electron chi connectivity index (χ4n) is 6.15. The SMILES string of the molecule is Cc1c(CN2C(=O)[C@@]3(C[C@]3(c3ccc(C#N)cc3)C(C)C)c3cc(F)ccc32)cccc1C(=O)O. The summed E-state index contributed by atoms with van der Waals surface area (Å²) in [6.45, 7) is 6.09. The Labute approximate surface area is 203 Å². The van der Waals surface area contributed by atoms with Crippen LogP contribution in [0.4, 0.5) is 10.1 Å². The Morgan fingerprint density at radius 3 is 2.51 bits per heavy atom. The largest absolute Gasteiger partial charge is 0.478 e. The van der Waals surface area contributed by atoms with Gasteiger partial charge in [0.05, 0.1) is 29.2 Å². The Bertz CT molecular complexity index is 1420. The number of carbonyl (C=O) groups is 2. The lowest BCUT2D eigenvalue weighted by Crippen LogP contribution is -2.38. The number of benzene rings is 3. The topological polar surface area (TPSA) is 81.4 Å². The van der Waals surface area contributed by atoms with Crippen molar-refractivity contribution in [3.05, 3.63) is 99.9 Å². The van der Waals surface area contributed by atoms with Crippen molar-refractivity contribution < 1.29 is 19.1 Å². The number of anilines is 1. The van der Waals surface area contributed by atoms with Crippen molar-refractivity contribution >= 4 is 17.6 Å². The predicted octanol–water partition coefficient (Wildman–Crippen LogP) is 5.49. The highest BCUT2D eigenvalue weighted by Gasteiger charge is 2.77. The first-order valence-electron chi connectivity index (χ1n) is 11.6. The first-order valence-corrected chi connectivity index (χ1v) is 11.6. The van der Waals surface area contributed by atoms with Gasteiger partial charge in [0.15, 0.2) is 0 Å². The van der Waals surface area contributed by atoms with Crippen molar-refractivity contribution in [3.8, 4) is 6.07 Å². The number of hydrogen-bond donors (Lipinski definition) is 1. The molecular formula is C29H25FN2O3. The number of amides is 1. The highest BCUT2D eigenvalue weighted by molar-refractivity contribution is 6.12. The van der Waals surface area contributed by atoms with E-state index < -0.39 is 22.6 Å². The van der Waals surface area contributed by atoms with Crippen LogP contribution in [0, 0.1) is 30.0 Å². The molecule has 1 amide bonds. The number of fused-ring (bicyclic) bond motifs is 2. The molecule has 0 radical (unpaired) electrons. The minimum Gasteiger partial charge on any atom is -0.478 e. The molecule has 3 aromatic rings. The van der Waals surface area contributed by atoms with Gasteiger partial charge in [-0.3, -0.25) is 4.79 Å². The van der Waals surface area contributed by atoms with E-state index in [1.807, 2.05) is 18.2 Å². The molecular weight excluding hydrogens is 443 g/mol. The first-order chi connectivity index (χ1) is 16.7. The van der Waals surface area contributed by atoms with Gasteiger partial charge in [0.2, 0.25) is 5.91 Å². The van der Waals surface area contributed by atoms with Gasteiger partial charge in [0, 0.05) is 11.1 Å². The molecule has 35 heavy (non-hydrogen) atoms. The van der Waals surface area contributed by atoms with Crippen molar-refractivity contribution in [1.82, 2.24) is 0 Å². The number of nitriles is 1. The number of hydrogen-bond acceptors (Lipinski definition) is 3. The molecule has 1 aliphatic heterocycles. The second kappa shape index (κ2) is 7.78. The van der Waals surface area contributed by atoms with Crippen LogP contribution in [0.2, 0.25) is 0 Å². The quantitative estimate of drug-likeness (QED) is 0.537. The molecule has 0 saturated heterocycles. The summed E-state index contributed by atoms with van der Waals surface area (Å²) in [4.78, 5) is 27.6. The van der Waals surface area contributed by atoms with Gasteiger partial charge in [-0.15, -0.1) is 0 Å². The maximum Gasteiger partial charge on any atom is 0.335 e. The van der Waals surface area contributed by atoms with Crippen LogP contribution >= 0.6 is 0 Å². The Kier molecular flexibility index (Phi) is 5.06. The van der Waals surface area contributed by atoms with Crippen LogP contribution in [0.3, 0.4) is 0 Å². The normalized spacial score (nSPS) is 22.4. The van der Waals surface area contributed by atoms with Crippen LogP contribution in [-0.4, -0.2) is 17.0 Å². The van der Waals surface area contributed by atoms with Crippen LogP contribution in [0.5, 0.6) is 0 Å². The summed E-state index contributed by atoms with van der Waals surface area (Å²) in [6, 6.07) is 19.0. The molecule has 1 saturated carbocycles. The molecule has 1 aliphatic carbocycles. The molecule has 1 fully saturated rings. The lowest BCUT2D eigenvalue weighted by molar-refractivity contribution is -0.121. The number of halogens is 1. The highest BCUT2D eigenvalue weighted by atomic mass is 19.1. The second-order valence-corrected chi connectivity index (χ2v) is 9.84. The molecule has 176 valence electrons. The number of carboxylic acid groups (broad SMARTS) is 1. The zero-order valence-electron chi connectivity index (χ0n) is 19.8. The van der Waals surface area contributed by atoms with Crippen molar-refractivity contribution in [2.45, 2.75) is 44.6 Å². The first kappa shape index (κ1) is 22.8. The summed E-state index contributed by atoms with van der Waals surface area (Å²) in [7, 11) is 0. The van der Waals surface area contributed by atoms with E-state index in [0.29, 0.717) is 28.8 Å².